The number of carboxylic acids is 1. The number of rotatable bonds is 10. The quantitative estimate of drug-likeness (QED) is 0.369. The Bertz CT molecular complexity index is 1160. The van der Waals surface area contributed by atoms with Gasteiger partial charge in [0.1, 0.15) is 23.5 Å². The molecule has 2 aromatic rings. The third-order valence-corrected chi connectivity index (χ3v) is 8.82. The summed E-state index contributed by atoms with van der Waals surface area (Å²) in [6.45, 7) is 19.5. The standard InChI is InChI=1S/C32H47NO5/c1-12-32(13-2,24-14-16-26(20(3)18-24)28(34)33(11)22(5)29(35)36)25-15-17-27(21(4)19-25)38-23(6)31(10,37)30(7,8)9/h14-19,22-23,37H,12-13H2,1-11H3,(H,35,36). The zero-order valence-electron chi connectivity index (χ0n) is 25.1. The molecule has 210 valence electrons. The van der Waals surface area contributed by atoms with Gasteiger partial charge in [0, 0.05) is 18.0 Å². The average Bonchev–Trinajstić information content (AvgIpc) is 2.84. The number of hydrogen-bond donors (Lipinski definition) is 2. The third-order valence-electron chi connectivity index (χ3n) is 8.82. The molecule has 6 heteroatoms. The van der Waals surface area contributed by atoms with E-state index in [1.807, 2.05) is 66.7 Å². The lowest BCUT2D eigenvalue weighted by Gasteiger charge is -2.41. The summed E-state index contributed by atoms with van der Waals surface area (Å²) in [6.07, 6.45) is 1.32. The van der Waals surface area contributed by atoms with Crippen LogP contribution in [0.15, 0.2) is 36.4 Å². The van der Waals surface area contributed by atoms with Gasteiger partial charge < -0.3 is 19.8 Å². The van der Waals surface area contributed by atoms with Gasteiger partial charge in [-0.15, -0.1) is 0 Å². The van der Waals surface area contributed by atoms with Crippen LogP contribution in [0, 0.1) is 19.3 Å². The van der Waals surface area contributed by atoms with Crippen molar-refractivity contribution >= 4 is 11.9 Å². The summed E-state index contributed by atoms with van der Waals surface area (Å²) in [7, 11) is 1.52. The van der Waals surface area contributed by atoms with E-state index in [9.17, 15) is 19.8 Å². The van der Waals surface area contributed by atoms with Crippen molar-refractivity contribution in [3.05, 3.63) is 64.2 Å². The lowest BCUT2D eigenvalue weighted by Crippen LogP contribution is -2.51. The van der Waals surface area contributed by atoms with E-state index in [0.717, 1.165) is 40.8 Å². The van der Waals surface area contributed by atoms with Gasteiger partial charge in [-0.3, -0.25) is 4.79 Å². The first-order chi connectivity index (χ1) is 17.4. The van der Waals surface area contributed by atoms with Crippen LogP contribution in [0.4, 0.5) is 0 Å². The summed E-state index contributed by atoms with van der Waals surface area (Å²) in [5, 5.41) is 20.4. The van der Waals surface area contributed by atoms with Gasteiger partial charge in [0.15, 0.2) is 0 Å². The maximum Gasteiger partial charge on any atom is 0.326 e. The predicted molar refractivity (Wildman–Crippen MR) is 153 cm³/mol. The fourth-order valence-electron chi connectivity index (χ4n) is 4.96. The van der Waals surface area contributed by atoms with E-state index >= 15 is 0 Å². The molecule has 2 aromatic carbocycles. The maximum absolute atomic E-state index is 13.0. The zero-order chi connectivity index (χ0) is 29.2. The van der Waals surface area contributed by atoms with Gasteiger partial charge in [0.2, 0.25) is 0 Å². The van der Waals surface area contributed by atoms with Gasteiger partial charge in [-0.1, -0.05) is 58.9 Å². The minimum absolute atomic E-state index is 0.265. The molecule has 0 aliphatic carbocycles. The highest BCUT2D eigenvalue weighted by Crippen LogP contribution is 2.42. The Hall–Kier alpha value is -2.86. The molecule has 0 fully saturated rings. The average molecular weight is 526 g/mol. The maximum atomic E-state index is 13.0. The van der Waals surface area contributed by atoms with Crippen LogP contribution < -0.4 is 4.74 Å². The molecule has 6 nitrogen and oxygen atoms in total. The highest BCUT2D eigenvalue weighted by molar-refractivity contribution is 5.97. The molecule has 1 amide bonds. The number of likely N-dealkylation sites (N-methyl/N-ethyl adjacent to an activating group) is 1. The van der Waals surface area contributed by atoms with E-state index in [0.29, 0.717) is 5.56 Å². The van der Waals surface area contributed by atoms with Gasteiger partial charge in [0.25, 0.3) is 5.91 Å². The monoisotopic (exact) mass is 525 g/mol. The second-order valence-corrected chi connectivity index (χ2v) is 11.9. The van der Waals surface area contributed by atoms with E-state index in [2.05, 4.69) is 32.0 Å². The molecule has 0 saturated heterocycles. The van der Waals surface area contributed by atoms with E-state index in [1.165, 1.54) is 18.9 Å². The topological polar surface area (TPSA) is 87.1 Å². The first-order valence-electron chi connectivity index (χ1n) is 13.6. The molecule has 0 saturated carbocycles. The minimum atomic E-state index is -1.04. The smallest absolute Gasteiger partial charge is 0.326 e. The van der Waals surface area contributed by atoms with Gasteiger partial charge in [-0.05, 0) is 87.3 Å². The molecular weight excluding hydrogens is 478 g/mol. The molecule has 2 N–H and O–H groups in total. The number of aryl methyl sites for hydroxylation is 2. The van der Waals surface area contributed by atoms with Crippen LogP contribution >= 0.6 is 0 Å². The van der Waals surface area contributed by atoms with E-state index in [-0.39, 0.29) is 16.7 Å². The molecule has 3 unspecified atom stereocenters. The van der Waals surface area contributed by atoms with Crippen LogP contribution in [0.5, 0.6) is 5.75 Å². The van der Waals surface area contributed by atoms with Crippen molar-refractivity contribution in [2.45, 2.75) is 105 Å². The number of carbonyl (C=O) groups is 2. The Morgan fingerprint density at radius 1 is 0.921 bits per heavy atom. The highest BCUT2D eigenvalue weighted by atomic mass is 16.5. The summed E-state index contributed by atoms with van der Waals surface area (Å²) >= 11 is 0. The van der Waals surface area contributed by atoms with Gasteiger partial charge >= 0.3 is 5.97 Å². The van der Waals surface area contributed by atoms with Crippen molar-refractivity contribution in [3.63, 3.8) is 0 Å². The number of aliphatic carboxylic acids is 1. The van der Waals surface area contributed by atoms with Crippen LogP contribution in [0.3, 0.4) is 0 Å². The molecule has 3 atom stereocenters. The van der Waals surface area contributed by atoms with Crippen LogP contribution in [0.1, 0.15) is 101 Å². The Balaban J connectivity index is 2.46. The zero-order valence-corrected chi connectivity index (χ0v) is 25.1. The number of amides is 1. The number of nitrogens with zero attached hydrogens (tertiary/aromatic N) is 1. The molecule has 2 rings (SSSR count). The third kappa shape index (κ3) is 5.90. The second kappa shape index (κ2) is 11.5. The van der Waals surface area contributed by atoms with Crippen LogP contribution in [0.2, 0.25) is 0 Å². The molecule has 0 heterocycles. The van der Waals surface area contributed by atoms with E-state index < -0.39 is 23.7 Å². The summed E-state index contributed by atoms with van der Waals surface area (Å²) in [5.74, 6) is -0.593. The van der Waals surface area contributed by atoms with Gasteiger partial charge in [-0.2, -0.15) is 0 Å². The molecule has 0 aliphatic rings. The largest absolute Gasteiger partial charge is 0.487 e. The summed E-state index contributed by atoms with van der Waals surface area (Å²) in [4.78, 5) is 25.6. The normalized spacial score (nSPS) is 15.4. The van der Waals surface area contributed by atoms with Gasteiger partial charge in [0.05, 0.1) is 0 Å². The van der Waals surface area contributed by atoms with Crippen molar-refractivity contribution in [2.75, 3.05) is 7.05 Å². The molecule has 38 heavy (non-hydrogen) atoms. The molecule has 0 radical (unpaired) electrons. The minimum Gasteiger partial charge on any atom is -0.487 e. The Morgan fingerprint density at radius 3 is 1.84 bits per heavy atom. The molecule has 0 bridgehead atoms. The Kier molecular flexibility index (Phi) is 9.48. The lowest BCUT2D eigenvalue weighted by molar-refractivity contribution is -0.141. The highest BCUT2D eigenvalue weighted by Gasteiger charge is 2.42. The van der Waals surface area contributed by atoms with E-state index in [4.69, 9.17) is 4.74 Å². The number of hydrogen-bond acceptors (Lipinski definition) is 4. The summed E-state index contributed by atoms with van der Waals surface area (Å²) < 4.78 is 6.26. The van der Waals surface area contributed by atoms with E-state index in [1.54, 1.807) is 0 Å². The fourth-order valence-corrected chi connectivity index (χ4v) is 4.96. The Labute approximate surface area is 229 Å². The molecule has 0 spiro atoms. The lowest BCUT2D eigenvalue weighted by atomic mass is 9.70. The summed E-state index contributed by atoms with van der Waals surface area (Å²) in [5.41, 5.74) is 2.98. The van der Waals surface area contributed by atoms with Crippen LogP contribution in [0.25, 0.3) is 0 Å². The SMILES string of the molecule is CCC(CC)(c1ccc(OC(C)C(C)(O)C(C)(C)C)c(C)c1)c1ccc(C(=O)N(C)C(C)C(=O)O)c(C)c1. The molecule has 0 aromatic heterocycles. The van der Waals surface area contributed by atoms with Crippen molar-refractivity contribution in [1.29, 1.82) is 0 Å². The van der Waals surface area contributed by atoms with Crippen LogP contribution in [-0.2, 0) is 10.2 Å². The predicted octanol–water partition coefficient (Wildman–Crippen LogP) is 6.52. The Morgan fingerprint density at radius 2 is 1.42 bits per heavy atom. The first kappa shape index (κ1) is 31.4. The van der Waals surface area contributed by atoms with Crippen molar-refractivity contribution in [3.8, 4) is 5.75 Å². The van der Waals surface area contributed by atoms with Crippen LogP contribution in [-0.4, -0.2) is 51.8 Å². The number of ether oxygens (including phenoxy) is 1. The summed E-state index contributed by atoms with van der Waals surface area (Å²) in [6, 6.07) is 11.2. The molecular formula is C32H47NO5. The number of aliphatic hydroxyl groups is 1. The van der Waals surface area contributed by atoms with Crippen molar-refractivity contribution in [2.24, 2.45) is 5.41 Å². The van der Waals surface area contributed by atoms with Crippen molar-refractivity contribution < 1.29 is 24.5 Å². The second-order valence-electron chi connectivity index (χ2n) is 11.9. The number of carbonyl (C=O) groups excluding carboxylic acids is 1. The van der Waals surface area contributed by atoms with Crippen molar-refractivity contribution in [1.82, 2.24) is 4.90 Å². The van der Waals surface area contributed by atoms with Gasteiger partial charge in [-0.25, -0.2) is 4.79 Å². The fraction of sp³-hybridized carbons (Fsp3) is 0.562. The number of carboxylic acid groups (broad SMARTS) is 1. The molecule has 0 aliphatic heterocycles. The number of benzene rings is 2. The first-order valence-corrected chi connectivity index (χ1v) is 13.6.